The third kappa shape index (κ3) is 4.39. The normalized spacial score (nSPS) is 10.0. The van der Waals surface area contributed by atoms with E-state index in [4.69, 9.17) is 11.6 Å². The molecule has 0 saturated carbocycles. The fourth-order valence-corrected chi connectivity index (χ4v) is 1.94. The molecule has 92 valence electrons. The second kappa shape index (κ2) is 5.89. The number of allylic oxidation sites excluding steroid dienone is 1. The molecular weight excluding hydrogens is 260 g/mol. The van der Waals surface area contributed by atoms with Gasteiger partial charge in [0.1, 0.15) is 8.07 Å². The van der Waals surface area contributed by atoms with E-state index >= 15 is 0 Å². The highest BCUT2D eigenvalue weighted by Gasteiger charge is 2.10. The highest BCUT2D eigenvalue weighted by Crippen LogP contribution is 2.16. The number of hydrogen-bond donors (Lipinski definition) is 0. The molecule has 0 fully saturated rings. The van der Waals surface area contributed by atoms with Gasteiger partial charge in [-0.1, -0.05) is 43.7 Å². The van der Waals surface area contributed by atoms with Crippen LogP contribution in [0.1, 0.15) is 15.9 Å². The van der Waals surface area contributed by atoms with Crippen LogP contribution in [0.25, 0.3) is 0 Å². The van der Waals surface area contributed by atoms with Crippen molar-refractivity contribution in [3.63, 3.8) is 0 Å². The standard InChI is InChI=1S/C15H15ClOSi/c1-5-6-15(17)14-8-7-13(16)11-12(14)9-10-18(2,3)4/h6-8,11H,1H2,2-4H3. The molecule has 0 heterocycles. The van der Waals surface area contributed by atoms with Crippen LogP contribution in [0, 0.1) is 11.5 Å². The summed E-state index contributed by atoms with van der Waals surface area (Å²) < 4.78 is 0. The quantitative estimate of drug-likeness (QED) is 0.261. The molecule has 0 aliphatic rings. The Morgan fingerprint density at radius 2 is 2.06 bits per heavy atom. The molecule has 0 N–H and O–H groups in total. The van der Waals surface area contributed by atoms with Gasteiger partial charge in [-0.3, -0.25) is 4.79 Å². The molecule has 1 rings (SSSR count). The van der Waals surface area contributed by atoms with Crippen LogP contribution in [0.15, 0.2) is 36.6 Å². The molecule has 0 aromatic heterocycles. The fraction of sp³-hybridized carbons (Fsp3) is 0.200. The maximum atomic E-state index is 11.8. The Labute approximate surface area is 114 Å². The Kier molecular flexibility index (Phi) is 4.75. The van der Waals surface area contributed by atoms with Gasteiger partial charge in [0.25, 0.3) is 0 Å². The molecule has 0 saturated heterocycles. The number of halogens is 1. The van der Waals surface area contributed by atoms with Crippen LogP contribution in [0.4, 0.5) is 0 Å². The first-order valence-electron chi connectivity index (χ1n) is 5.56. The summed E-state index contributed by atoms with van der Waals surface area (Å²) in [5.74, 6) is 2.92. The van der Waals surface area contributed by atoms with Gasteiger partial charge in [0.2, 0.25) is 0 Å². The molecule has 0 aliphatic carbocycles. The van der Waals surface area contributed by atoms with Gasteiger partial charge < -0.3 is 0 Å². The largest absolute Gasteiger partial charge is 0.289 e. The van der Waals surface area contributed by atoms with Crippen molar-refractivity contribution in [3.05, 3.63) is 52.7 Å². The van der Waals surface area contributed by atoms with E-state index < -0.39 is 8.07 Å². The van der Waals surface area contributed by atoms with Gasteiger partial charge in [-0.2, -0.15) is 0 Å². The van der Waals surface area contributed by atoms with Crippen LogP contribution in [0.2, 0.25) is 24.7 Å². The average Bonchev–Trinajstić information content (AvgIpc) is 2.25. The Hall–Kier alpha value is -1.52. The summed E-state index contributed by atoms with van der Waals surface area (Å²) >= 11 is 5.94. The van der Waals surface area contributed by atoms with Crippen molar-refractivity contribution in [2.24, 2.45) is 0 Å². The van der Waals surface area contributed by atoms with Crippen LogP contribution in [-0.4, -0.2) is 13.9 Å². The minimum absolute atomic E-state index is 0.151. The molecule has 3 heteroatoms. The second-order valence-electron chi connectivity index (χ2n) is 4.90. The van der Waals surface area contributed by atoms with Gasteiger partial charge in [-0.05, 0) is 18.2 Å². The van der Waals surface area contributed by atoms with E-state index in [9.17, 15) is 4.79 Å². The summed E-state index contributed by atoms with van der Waals surface area (Å²) in [4.78, 5) is 11.8. The van der Waals surface area contributed by atoms with E-state index in [1.165, 1.54) is 6.08 Å². The lowest BCUT2D eigenvalue weighted by Crippen LogP contribution is -2.16. The van der Waals surface area contributed by atoms with Crippen LogP contribution < -0.4 is 0 Å². The molecule has 18 heavy (non-hydrogen) atoms. The van der Waals surface area contributed by atoms with Crippen molar-refractivity contribution in [1.29, 1.82) is 0 Å². The summed E-state index contributed by atoms with van der Waals surface area (Å²) in [6.07, 6.45) is 1.31. The van der Waals surface area contributed by atoms with E-state index in [1.54, 1.807) is 18.2 Å². The number of carbonyl (C=O) groups excluding carboxylic acids is 1. The summed E-state index contributed by atoms with van der Waals surface area (Å²) in [5, 5.41) is 0.578. The number of rotatable bonds is 2. The molecule has 0 amide bonds. The molecule has 1 nitrogen and oxygen atoms in total. The van der Waals surface area contributed by atoms with Gasteiger partial charge in [-0.25, -0.2) is 0 Å². The van der Waals surface area contributed by atoms with Gasteiger partial charge in [0, 0.05) is 22.2 Å². The third-order valence-electron chi connectivity index (χ3n) is 2.05. The SMILES string of the molecule is C=C=CC(=O)c1ccc(Cl)cc1C#C[Si](C)(C)C. The lowest BCUT2D eigenvalue weighted by Gasteiger charge is -2.05. The molecule has 0 bridgehead atoms. The van der Waals surface area contributed by atoms with Crippen molar-refractivity contribution < 1.29 is 4.79 Å². The van der Waals surface area contributed by atoms with Gasteiger partial charge >= 0.3 is 0 Å². The average molecular weight is 275 g/mol. The first-order valence-corrected chi connectivity index (χ1v) is 9.44. The first kappa shape index (κ1) is 14.5. The summed E-state index contributed by atoms with van der Waals surface area (Å²) in [6.45, 7) is 9.85. The van der Waals surface area contributed by atoms with Crippen LogP contribution >= 0.6 is 11.6 Å². The molecule has 1 aromatic carbocycles. The van der Waals surface area contributed by atoms with E-state index in [1.807, 2.05) is 0 Å². The van der Waals surface area contributed by atoms with E-state index in [-0.39, 0.29) is 5.78 Å². The lowest BCUT2D eigenvalue weighted by atomic mass is 10.0. The lowest BCUT2D eigenvalue weighted by molar-refractivity contribution is 0.104. The van der Waals surface area contributed by atoms with Crippen LogP contribution in [0.3, 0.4) is 0 Å². The molecule has 0 atom stereocenters. The zero-order chi connectivity index (χ0) is 13.8. The monoisotopic (exact) mass is 274 g/mol. The molecule has 0 spiro atoms. The molecule has 0 radical (unpaired) electrons. The summed E-state index contributed by atoms with van der Waals surface area (Å²) in [7, 11) is -1.49. The van der Waals surface area contributed by atoms with Gasteiger partial charge in [0.15, 0.2) is 5.78 Å². The highest BCUT2D eigenvalue weighted by molar-refractivity contribution is 6.83. The predicted molar refractivity (Wildman–Crippen MR) is 79.7 cm³/mol. The minimum Gasteiger partial charge on any atom is -0.289 e. The van der Waals surface area contributed by atoms with E-state index in [2.05, 4.69) is 43.4 Å². The van der Waals surface area contributed by atoms with Crippen LogP contribution in [-0.2, 0) is 0 Å². The Balaban J connectivity index is 3.31. The van der Waals surface area contributed by atoms with E-state index in [0.29, 0.717) is 16.1 Å². The second-order valence-corrected chi connectivity index (χ2v) is 10.1. The van der Waals surface area contributed by atoms with E-state index in [0.717, 1.165) is 0 Å². The maximum absolute atomic E-state index is 11.8. The summed E-state index contributed by atoms with van der Waals surface area (Å²) in [5.41, 5.74) is 6.92. The molecule has 0 unspecified atom stereocenters. The number of benzene rings is 1. The number of ketones is 1. The van der Waals surface area contributed by atoms with Crippen molar-refractivity contribution in [2.45, 2.75) is 19.6 Å². The van der Waals surface area contributed by atoms with Crippen LogP contribution in [0.5, 0.6) is 0 Å². The fourth-order valence-electron chi connectivity index (χ4n) is 1.26. The topological polar surface area (TPSA) is 17.1 Å². The zero-order valence-corrected chi connectivity index (χ0v) is 12.6. The summed E-state index contributed by atoms with van der Waals surface area (Å²) in [6, 6.07) is 5.09. The number of carbonyl (C=O) groups is 1. The zero-order valence-electron chi connectivity index (χ0n) is 10.8. The molecule has 0 aliphatic heterocycles. The Morgan fingerprint density at radius 1 is 1.39 bits per heavy atom. The minimum atomic E-state index is -1.49. The predicted octanol–water partition coefficient (Wildman–Crippen LogP) is 4.09. The van der Waals surface area contributed by atoms with Crippen molar-refractivity contribution >= 4 is 25.5 Å². The highest BCUT2D eigenvalue weighted by atomic mass is 35.5. The smallest absolute Gasteiger partial charge is 0.194 e. The number of hydrogen-bond acceptors (Lipinski definition) is 1. The third-order valence-corrected chi connectivity index (χ3v) is 3.16. The maximum Gasteiger partial charge on any atom is 0.194 e. The van der Waals surface area contributed by atoms with Gasteiger partial charge in [-0.15, -0.1) is 11.3 Å². The van der Waals surface area contributed by atoms with Gasteiger partial charge in [0.05, 0.1) is 0 Å². The molecular formula is C15H15ClOSi. The van der Waals surface area contributed by atoms with Crippen molar-refractivity contribution in [3.8, 4) is 11.5 Å². The first-order chi connectivity index (χ1) is 8.33. The van der Waals surface area contributed by atoms with Crippen molar-refractivity contribution in [2.75, 3.05) is 0 Å². The Morgan fingerprint density at radius 3 is 2.61 bits per heavy atom. The molecule has 1 aromatic rings. The van der Waals surface area contributed by atoms with Crippen molar-refractivity contribution in [1.82, 2.24) is 0 Å². The Bertz CT molecular complexity index is 579.